The summed E-state index contributed by atoms with van der Waals surface area (Å²) >= 11 is 0. The molecule has 0 saturated heterocycles. The predicted octanol–water partition coefficient (Wildman–Crippen LogP) is 1.64. The molecule has 0 saturated carbocycles. The van der Waals surface area contributed by atoms with Crippen molar-refractivity contribution in [2.24, 2.45) is 0 Å². The van der Waals surface area contributed by atoms with Crippen molar-refractivity contribution in [3.05, 3.63) is 0 Å². The van der Waals surface area contributed by atoms with Gasteiger partial charge in [0.05, 0.1) is 0 Å². The first-order valence-electron chi connectivity index (χ1n) is 2.46. The maximum absolute atomic E-state index is 10.5. The predicted molar refractivity (Wildman–Crippen MR) is 36.7 cm³/mol. The summed E-state index contributed by atoms with van der Waals surface area (Å²) in [5, 5.41) is 0. The van der Waals surface area contributed by atoms with E-state index in [0.717, 1.165) is 0 Å². The molecule has 52 valence electrons. The third-order valence-electron chi connectivity index (χ3n) is 0.444. The molecule has 4 heteroatoms. The minimum absolute atomic E-state index is 1.56. The van der Waals surface area contributed by atoms with E-state index in [1.165, 1.54) is 0 Å². The Kier molecular flexibility index (Phi) is 5.25. The highest BCUT2D eigenvalue weighted by atomic mass is 31.1. The molecule has 0 aromatic heterocycles. The average Bonchev–Trinajstić information content (AvgIpc) is 1.97. The van der Waals surface area contributed by atoms with Crippen molar-refractivity contribution in [3.8, 4) is 24.1 Å². The fourth-order valence-electron chi connectivity index (χ4n) is 0.184. The summed E-state index contributed by atoms with van der Waals surface area (Å²) in [5.41, 5.74) is 0. The smallest absolute Gasteiger partial charge is 0.165 e. The first-order valence-corrected chi connectivity index (χ1v) is 3.55. The van der Waals surface area contributed by atoms with Crippen LogP contribution in [0.3, 0.4) is 0 Å². The average molecular weight is 157 g/mol. The fourth-order valence-corrected chi connectivity index (χ4v) is 0.553. The topological polar surface area (TPSA) is 35.5 Å². The molecule has 0 radical (unpaired) electrons. The second-order valence-electron chi connectivity index (χ2n) is 1.11. The largest absolute Gasteiger partial charge is 0.823 e. The zero-order valence-electron chi connectivity index (χ0n) is 5.67. The van der Waals surface area contributed by atoms with Crippen molar-refractivity contribution < 1.29 is 13.6 Å². The summed E-state index contributed by atoms with van der Waals surface area (Å²) in [6.07, 6.45) is 4.26. The summed E-state index contributed by atoms with van der Waals surface area (Å²) in [7, 11) is -2.19. The Hall–Kier alpha value is -1.18. The molecule has 0 N–H and O–H groups in total. The molecule has 0 aliphatic heterocycles. The minimum Gasteiger partial charge on any atom is -0.165 e. The van der Waals surface area contributed by atoms with E-state index in [-0.39, 0.29) is 0 Å². The van der Waals surface area contributed by atoms with Crippen LogP contribution < -0.4 is 0 Å². The molecule has 0 fully saturated rings. The highest BCUT2D eigenvalue weighted by molar-refractivity contribution is 7.33. The molecule has 0 aromatic rings. The third-order valence-corrected chi connectivity index (χ3v) is 0.925. The highest BCUT2D eigenvalue weighted by Crippen LogP contribution is 2.21. The lowest BCUT2D eigenvalue weighted by Gasteiger charge is -1.70. The van der Waals surface area contributed by atoms with E-state index >= 15 is 0 Å². The van der Waals surface area contributed by atoms with Gasteiger partial charge < -0.3 is 0 Å². The van der Waals surface area contributed by atoms with Gasteiger partial charge >= 0.3 is 8.25 Å². The SMILES string of the molecule is CC#CO[P+](=O)OC#CC. The van der Waals surface area contributed by atoms with Crippen LogP contribution in [-0.4, -0.2) is 0 Å². The van der Waals surface area contributed by atoms with Gasteiger partial charge in [0, 0.05) is 18.4 Å². The quantitative estimate of drug-likeness (QED) is 0.451. The van der Waals surface area contributed by atoms with Crippen LogP contribution in [-0.2, 0) is 13.6 Å². The second kappa shape index (κ2) is 5.95. The molecule has 0 atom stereocenters. The van der Waals surface area contributed by atoms with Gasteiger partial charge in [-0.05, 0) is 0 Å². The first-order chi connectivity index (χ1) is 4.81. The molecule has 0 aliphatic carbocycles. The van der Waals surface area contributed by atoms with Gasteiger partial charge in [-0.15, -0.1) is 0 Å². The van der Waals surface area contributed by atoms with Gasteiger partial charge in [0.2, 0.25) is 0 Å². The van der Waals surface area contributed by atoms with E-state index in [9.17, 15) is 4.57 Å². The Morgan fingerprint density at radius 1 is 1.10 bits per heavy atom. The van der Waals surface area contributed by atoms with Crippen LogP contribution in [0, 0.1) is 24.1 Å². The molecular weight excluding hydrogens is 151 g/mol. The van der Waals surface area contributed by atoms with E-state index in [0.29, 0.717) is 0 Å². The highest BCUT2D eigenvalue weighted by Gasteiger charge is 2.18. The van der Waals surface area contributed by atoms with Gasteiger partial charge in [0.1, 0.15) is 0 Å². The lowest BCUT2D eigenvalue weighted by molar-refractivity contribution is 0.383. The van der Waals surface area contributed by atoms with E-state index in [4.69, 9.17) is 0 Å². The second-order valence-corrected chi connectivity index (χ2v) is 1.92. The zero-order chi connectivity index (χ0) is 7.82. The van der Waals surface area contributed by atoms with Crippen molar-refractivity contribution in [2.75, 3.05) is 0 Å². The Morgan fingerprint density at radius 3 is 1.80 bits per heavy atom. The molecule has 3 nitrogen and oxygen atoms in total. The lowest BCUT2D eigenvalue weighted by Crippen LogP contribution is -1.68. The summed E-state index contributed by atoms with van der Waals surface area (Å²) in [4.78, 5) is 0. The zero-order valence-corrected chi connectivity index (χ0v) is 6.57. The standard InChI is InChI=1S/C6H6O3P/c1-3-5-8-10(7)9-6-4-2/h1-2H3/q+1. The van der Waals surface area contributed by atoms with Crippen molar-refractivity contribution in [3.63, 3.8) is 0 Å². The van der Waals surface area contributed by atoms with E-state index in [1.807, 2.05) is 0 Å². The van der Waals surface area contributed by atoms with Gasteiger partial charge in [-0.2, -0.15) is 9.05 Å². The normalized spacial score (nSPS) is 5.80. The van der Waals surface area contributed by atoms with Gasteiger partial charge in [-0.3, -0.25) is 0 Å². The summed E-state index contributed by atoms with van der Waals surface area (Å²) in [6, 6.07) is 0. The molecule has 10 heavy (non-hydrogen) atoms. The van der Waals surface area contributed by atoms with Crippen LogP contribution in [0.15, 0.2) is 0 Å². The number of rotatable bonds is 2. The molecule has 0 heterocycles. The van der Waals surface area contributed by atoms with Crippen molar-refractivity contribution in [1.82, 2.24) is 0 Å². The molecular formula is C6H6O3P+. The minimum atomic E-state index is -2.19. The van der Waals surface area contributed by atoms with Crippen LogP contribution in [0.25, 0.3) is 0 Å². The lowest BCUT2D eigenvalue weighted by atomic mass is 10.8. The van der Waals surface area contributed by atoms with E-state index in [2.05, 4.69) is 33.1 Å². The Morgan fingerprint density at radius 2 is 1.50 bits per heavy atom. The summed E-state index contributed by atoms with van der Waals surface area (Å²) in [5.74, 6) is 4.78. The molecule has 0 aromatic carbocycles. The molecule has 0 unspecified atom stereocenters. The van der Waals surface area contributed by atoms with Gasteiger partial charge in [0.25, 0.3) is 0 Å². The van der Waals surface area contributed by atoms with Gasteiger partial charge in [-0.1, -0.05) is 11.8 Å². The van der Waals surface area contributed by atoms with Crippen LogP contribution in [0.1, 0.15) is 13.8 Å². The van der Waals surface area contributed by atoms with Crippen LogP contribution in [0.2, 0.25) is 0 Å². The third kappa shape index (κ3) is 4.97. The molecule has 0 amide bonds. The Balaban J connectivity index is 3.58. The Bertz CT molecular complexity index is 201. The van der Waals surface area contributed by atoms with Crippen LogP contribution in [0.5, 0.6) is 0 Å². The Labute approximate surface area is 60.7 Å². The van der Waals surface area contributed by atoms with E-state index < -0.39 is 8.25 Å². The maximum Gasteiger partial charge on any atom is 0.823 e. The van der Waals surface area contributed by atoms with Gasteiger partial charge in [-0.25, -0.2) is 0 Å². The fraction of sp³-hybridized carbons (Fsp3) is 0.333. The molecule has 0 rings (SSSR count). The summed E-state index contributed by atoms with van der Waals surface area (Å²) < 4.78 is 19.1. The van der Waals surface area contributed by atoms with E-state index in [1.54, 1.807) is 13.8 Å². The monoisotopic (exact) mass is 157 g/mol. The van der Waals surface area contributed by atoms with Gasteiger partial charge in [0.15, 0.2) is 12.2 Å². The van der Waals surface area contributed by atoms with Crippen molar-refractivity contribution in [2.45, 2.75) is 13.8 Å². The van der Waals surface area contributed by atoms with Crippen molar-refractivity contribution in [1.29, 1.82) is 0 Å². The number of hydrogen-bond donors (Lipinski definition) is 0. The molecule has 0 bridgehead atoms. The summed E-state index contributed by atoms with van der Waals surface area (Å²) in [6.45, 7) is 3.13. The van der Waals surface area contributed by atoms with Crippen LogP contribution >= 0.6 is 8.25 Å². The maximum atomic E-state index is 10.5. The first kappa shape index (κ1) is 8.82. The van der Waals surface area contributed by atoms with Crippen LogP contribution in [0.4, 0.5) is 0 Å². The molecule has 0 aliphatic rings. The van der Waals surface area contributed by atoms with Crippen molar-refractivity contribution >= 4 is 8.25 Å². The molecule has 0 spiro atoms. The number of hydrogen-bond acceptors (Lipinski definition) is 3.